The van der Waals surface area contributed by atoms with Crippen LogP contribution < -0.4 is 11.4 Å². The quantitative estimate of drug-likeness (QED) is 0.638. The van der Waals surface area contributed by atoms with Crippen molar-refractivity contribution in [3.63, 3.8) is 0 Å². The van der Waals surface area contributed by atoms with Crippen LogP contribution >= 0.6 is 0 Å². The number of carbonyl (C=O) groups is 1. The number of nitrogens with one attached hydrogen (secondary N) is 2. The minimum Gasteiger partial charge on any atom is -0.478 e. The normalized spacial score (nSPS) is 10.2. The average Bonchev–Trinajstić information content (AvgIpc) is 2.59. The van der Waals surface area contributed by atoms with Crippen LogP contribution in [0.3, 0.4) is 0 Å². The van der Waals surface area contributed by atoms with Crippen molar-refractivity contribution in [2.45, 2.75) is 0 Å². The summed E-state index contributed by atoms with van der Waals surface area (Å²) in [6, 6.07) is 5.54. The van der Waals surface area contributed by atoms with Crippen LogP contribution in [0.1, 0.15) is 10.4 Å². The lowest BCUT2D eigenvalue weighted by atomic mass is 10.2. The van der Waals surface area contributed by atoms with Crippen molar-refractivity contribution in [3.05, 3.63) is 50.8 Å². The van der Waals surface area contributed by atoms with E-state index >= 15 is 0 Å². The number of aromatic nitrogens is 3. The monoisotopic (exact) mass is 221 g/mol. The Hall–Kier alpha value is -2.57. The highest BCUT2D eigenvalue weighted by atomic mass is 16.4. The maximum atomic E-state index is 11.3. The van der Waals surface area contributed by atoms with Gasteiger partial charge < -0.3 is 5.11 Å². The molecule has 0 fully saturated rings. The van der Waals surface area contributed by atoms with Gasteiger partial charge in [0.2, 0.25) is 0 Å². The standard InChI is InChI=1S/C9H7N3O4/c13-7(14)5-2-1-3-6(4-5)12-8(15)10-11-9(12)16/h1-4H,(H,10,15)(H,11,16)(H,13,14). The van der Waals surface area contributed by atoms with Gasteiger partial charge in [-0.05, 0) is 18.2 Å². The van der Waals surface area contributed by atoms with Gasteiger partial charge in [0.15, 0.2) is 0 Å². The lowest BCUT2D eigenvalue weighted by Crippen LogP contribution is -2.24. The van der Waals surface area contributed by atoms with Crippen LogP contribution in [0.2, 0.25) is 0 Å². The van der Waals surface area contributed by atoms with E-state index in [1.165, 1.54) is 24.3 Å². The van der Waals surface area contributed by atoms with E-state index < -0.39 is 17.3 Å². The maximum absolute atomic E-state index is 11.3. The van der Waals surface area contributed by atoms with E-state index in [4.69, 9.17) is 5.11 Å². The third-order valence-corrected chi connectivity index (χ3v) is 2.03. The van der Waals surface area contributed by atoms with Crippen molar-refractivity contribution in [1.82, 2.24) is 14.8 Å². The first-order chi connectivity index (χ1) is 7.59. The summed E-state index contributed by atoms with van der Waals surface area (Å²) in [7, 11) is 0. The van der Waals surface area contributed by atoms with Gasteiger partial charge in [-0.2, -0.15) is 0 Å². The van der Waals surface area contributed by atoms with E-state index in [9.17, 15) is 14.4 Å². The first-order valence-corrected chi connectivity index (χ1v) is 4.33. The van der Waals surface area contributed by atoms with Crippen molar-refractivity contribution in [1.29, 1.82) is 0 Å². The van der Waals surface area contributed by atoms with Gasteiger partial charge in [0, 0.05) is 0 Å². The number of H-pyrrole nitrogens is 2. The molecule has 0 radical (unpaired) electrons. The van der Waals surface area contributed by atoms with Crippen LogP contribution in [-0.2, 0) is 0 Å². The zero-order valence-corrected chi connectivity index (χ0v) is 7.93. The van der Waals surface area contributed by atoms with Crippen molar-refractivity contribution in [2.24, 2.45) is 0 Å². The molecule has 82 valence electrons. The number of hydrogen-bond donors (Lipinski definition) is 3. The molecule has 0 spiro atoms. The fourth-order valence-corrected chi connectivity index (χ4v) is 1.32. The van der Waals surface area contributed by atoms with Crippen LogP contribution in [0.15, 0.2) is 33.9 Å². The summed E-state index contributed by atoms with van der Waals surface area (Å²) < 4.78 is 0.812. The Labute approximate surface area is 88.0 Å². The van der Waals surface area contributed by atoms with Crippen LogP contribution in [-0.4, -0.2) is 25.8 Å². The second-order valence-electron chi connectivity index (χ2n) is 3.05. The van der Waals surface area contributed by atoms with Crippen LogP contribution in [0.25, 0.3) is 5.69 Å². The van der Waals surface area contributed by atoms with Crippen LogP contribution in [0, 0.1) is 0 Å². The third-order valence-electron chi connectivity index (χ3n) is 2.03. The topological polar surface area (TPSA) is 108 Å². The molecule has 1 heterocycles. The van der Waals surface area contributed by atoms with Crippen molar-refractivity contribution in [2.75, 3.05) is 0 Å². The number of nitrogens with zero attached hydrogens (tertiary/aromatic N) is 1. The lowest BCUT2D eigenvalue weighted by molar-refractivity contribution is 0.0697. The van der Waals surface area contributed by atoms with E-state index in [2.05, 4.69) is 10.2 Å². The molecule has 0 aliphatic carbocycles. The van der Waals surface area contributed by atoms with E-state index in [1.807, 2.05) is 0 Å². The summed E-state index contributed by atoms with van der Waals surface area (Å²) in [4.78, 5) is 33.2. The van der Waals surface area contributed by atoms with E-state index in [-0.39, 0.29) is 11.3 Å². The minimum atomic E-state index is -1.12. The van der Waals surface area contributed by atoms with E-state index in [1.54, 1.807) is 0 Å². The fraction of sp³-hybridized carbons (Fsp3) is 0. The Balaban J connectivity index is 2.66. The molecule has 1 aromatic carbocycles. The Morgan fingerprint density at radius 1 is 1.19 bits per heavy atom. The lowest BCUT2D eigenvalue weighted by Gasteiger charge is -2.00. The highest BCUT2D eigenvalue weighted by molar-refractivity contribution is 5.88. The molecule has 0 amide bonds. The summed E-state index contributed by atoms with van der Waals surface area (Å²) >= 11 is 0. The van der Waals surface area contributed by atoms with Gasteiger partial charge in [-0.1, -0.05) is 6.07 Å². The second kappa shape index (κ2) is 3.54. The molecule has 3 N–H and O–H groups in total. The highest BCUT2D eigenvalue weighted by Gasteiger charge is 2.08. The van der Waals surface area contributed by atoms with Gasteiger partial charge in [-0.15, -0.1) is 0 Å². The zero-order chi connectivity index (χ0) is 11.7. The van der Waals surface area contributed by atoms with E-state index in [0.717, 1.165) is 4.57 Å². The minimum absolute atomic E-state index is 0.00463. The smallest absolute Gasteiger partial charge is 0.348 e. The molecule has 2 aromatic rings. The largest absolute Gasteiger partial charge is 0.478 e. The Kier molecular flexibility index (Phi) is 2.20. The molecule has 7 nitrogen and oxygen atoms in total. The summed E-state index contributed by atoms with van der Waals surface area (Å²) in [5, 5.41) is 13.0. The Morgan fingerprint density at radius 2 is 1.81 bits per heavy atom. The van der Waals surface area contributed by atoms with Crippen molar-refractivity contribution >= 4 is 5.97 Å². The Morgan fingerprint density at radius 3 is 2.38 bits per heavy atom. The number of rotatable bonds is 2. The number of hydrogen-bond acceptors (Lipinski definition) is 3. The molecule has 1 aromatic heterocycles. The van der Waals surface area contributed by atoms with E-state index in [0.29, 0.717) is 0 Å². The van der Waals surface area contributed by atoms with Crippen molar-refractivity contribution < 1.29 is 9.90 Å². The molecule has 16 heavy (non-hydrogen) atoms. The van der Waals surface area contributed by atoms with Crippen molar-refractivity contribution in [3.8, 4) is 5.69 Å². The Bertz CT molecular complexity index is 622. The van der Waals surface area contributed by atoms with Gasteiger partial charge in [-0.3, -0.25) is 0 Å². The predicted octanol–water partition coefficient (Wildman–Crippen LogP) is -0.448. The third kappa shape index (κ3) is 1.54. The average molecular weight is 221 g/mol. The van der Waals surface area contributed by atoms with Gasteiger partial charge in [0.05, 0.1) is 11.3 Å². The molecule has 0 aliphatic heterocycles. The van der Waals surface area contributed by atoms with Crippen LogP contribution in [0.4, 0.5) is 0 Å². The number of carboxylic acid groups (broad SMARTS) is 1. The molecule has 0 aliphatic rings. The predicted molar refractivity (Wildman–Crippen MR) is 54.0 cm³/mol. The number of carboxylic acids is 1. The highest BCUT2D eigenvalue weighted by Crippen LogP contribution is 2.06. The molecular weight excluding hydrogens is 214 g/mol. The molecule has 0 atom stereocenters. The number of benzene rings is 1. The summed E-state index contributed by atoms with van der Waals surface area (Å²) in [5.74, 6) is -1.12. The molecule has 7 heteroatoms. The van der Waals surface area contributed by atoms with Gasteiger partial charge in [0.25, 0.3) is 0 Å². The molecule has 0 bridgehead atoms. The first kappa shape index (κ1) is 9.97. The summed E-state index contributed by atoms with van der Waals surface area (Å²) in [6.45, 7) is 0. The molecule has 0 saturated heterocycles. The maximum Gasteiger partial charge on any atom is 0.348 e. The molecule has 0 unspecified atom stereocenters. The fourth-order valence-electron chi connectivity index (χ4n) is 1.32. The zero-order valence-electron chi connectivity index (χ0n) is 7.93. The molecule has 2 rings (SSSR count). The van der Waals surface area contributed by atoms with Gasteiger partial charge in [-0.25, -0.2) is 29.1 Å². The van der Waals surface area contributed by atoms with Gasteiger partial charge in [0.1, 0.15) is 0 Å². The molecule has 0 saturated carbocycles. The second-order valence-corrected chi connectivity index (χ2v) is 3.05. The van der Waals surface area contributed by atoms with Crippen LogP contribution in [0.5, 0.6) is 0 Å². The van der Waals surface area contributed by atoms with Gasteiger partial charge >= 0.3 is 17.3 Å². The number of aromatic carboxylic acids is 1. The number of aromatic amines is 2. The SMILES string of the molecule is O=C(O)c1cccc(-n2c(=O)[nH][nH]c2=O)c1. The molecular formula is C9H7N3O4. The first-order valence-electron chi connectivity index (χ1n) is 4.33. The summed E-state index contributed by atoms with van der Waals surface area (Å²) in [6.07, 6.45) is 0. The summed E-state index contributed by atoms with van der Waals surface area (Å²) in [5.41, 5.74) is -1.09.